The monoisotopic (exact) mass is 392 g/mol. The van der Waals surface area contributed by atoms with E-state index in [1.807, 2.05) is 45.9 Å². The van der Waals surface area contributed by atoms with Crippen molar-refractivity contribution < 1.29 is 9.72 Å². The summed E-state index contributed by atoms with van der Waals surface area (Å²) < 4.78 is 1.47. The largest absolute Gasteiger partial charge is 0.350 e. The Morgan fingerprint density at radius 3 is 2.55 bits per heavy atom. The molecule has 3 aromatic rings. The number of nitrogens with one attached hydrogen (secondary N) is 1. The molecule has 0 radical (unpaired) electrons. The summed E-state index contributed by atoms with van der Waals surface area (Å²) in [7, 11) is 0. The topological polar surface area (TPSA) is 90.1 Å². The van der Waals surface area contributed by atoms with E-state index in [1.165, 1.54) is 22.4 Å². The van der Waals surface area contributed by atoms with Crippen LogP contribution in [0.25, 0.3) is 16.9 Å². The minimum atomic E-state index is -0.463. The van der Waals surface area contributed by atoms with Crippen molar-refractivity contribution in [3.05, 3.63) is 75.5 Å². The van der Waals surface area contributed by atoms with Gasteiger partial charge in [-0.1, -0.05) is 32.0 Å². The Labute approximate surface area is 169 Å². The van der Waals surface area contributed by atoms with Crippen molar-refractivity contribution in [2.45, 2.75) is 27.7 Å². The molecule has 7 heteroatoms. The lowest BCUT2D eigenvalue weighted by atomic mass is 10.0. The van der Waals surface area contributed by atoms with Crippen LogP contribution in [0.5, 0.6) is 0 Å². The average Bonchev–Trinajstić information content (AvgIpc) is 3.14. The number of carbonyl (C=O) groups is 1. The molecule has 7 nitrogen and oxygen atoms in total. The number of nitro groups is 1. The predicted octanol–water partition coefficient (Wildman–Crippen LogP) is 4.45. The number of aryl methyl sites for hydroxylation is 2. The fraction of sp³-hybridized carbons (Fsp3) is 0.273. The van der Waals surface area contributed by atoms with Crippen LogP contribution in [0.3, 0.4) is 0 Å². The summed E-state index contributed by atoms with van der Waals surface area (Å²) in [5, 5.41) is 18.7. The van der Waals surface area contributed by atoms with E-state index in [2.05, 4.69) is 10.4 Å². The maximum Gasteiger partial charge on any atom is 0.271 e. The highest BCUT2D eigenvalue weighted by Gasteiger charge is 2.19. The molecular formula is C22H24N4O3. The second kappa shape index (κ2) is 8.26. The van der Waals surface area contributed by atoms with Crippen molar-refractivity contribution in [2.24, 2.45) is 5.92 Å². The minimum absolute atomic E-state index is 0.0562. The number of hydrogen-bond donors (Lipinski definition) is 1. The minimum Gasteiger partial charge on any atom is -0.350 e. The summed E-state index contributed by atoms with van der Waals surface area (Å²) in [5.74, 6) is 0.0279. The van der Waals surface area contributed by atoms with Gasteiger partial charge >= 0.3 is 0 Å². The summed E-state index contributed by atoms with van der Waals surface area (Å²) >= 11 is 0. The number of hydrogen-bond acceptors (Lipinski definition) is 4. The standard InChI is InChI=1S/C22H24N4O3/c1-14(2)13-23-22(27)21-12-20(17-9-8-15(3)16(4)10-17)24-25(21)18-6-5-7-19(11-18)26(28)29/h5-12,14H,13H2,1-4H3,(H,23,27). The van der Waals surface area contributed by atoms with E-state index < -0.39 is 4.92 Å². The lowest BCUT2D eigenvalue weighted by Crippen LogP contribution is -2.29. The first-order chi connectivity index (χ1) is 13.8. The molecule has 0 aliphatic carbocycles. The molecule has 0 aliphatic rings. The predicted molar refractivity (Wildman–Crippen MR) is 112 cm³/mol. The summed E-state index contributed by atoms with van der Waals surface area (Å²) in [6.07, 6.45) is 0. The molecule has 1 N–H and O–H groups in total. The fourth-order valence-electron chi connectivity index (χ4n) is 2.91. The number of nitrogens with zero attached hydrogens (tertiary/aromatic N) is 3. The van der Waals surface area contributed by atoms with Gasteiger partial charge in [0.25, 0.3) is 11.6 Å². The Morgan fingerprint density at radius 2 is 1.90 bits per heavy atom. The van der Waals surface area contributed by atoms with Crippen molar-refractivity contribution in [3.8, 4) is 16.9 Å². The zero-order chi connectivity index (χ0) is 21.1. The molecule has 3 rings (SSSR count). The molecule has 0 spiro atoms. The average molecular weight is 392 g/mol. The molecule has 29 heavy (non-hydrogen) atoms. The van der Waals surface area contributed by atoms with E-state index in [1.54, 1.807) is 18.2 Å². The summed E-state index contributed by atoms with van der Waals surface area (Å²) in [6.45, 7) is 8.60. The van der Waals surface area contributed by atoms with Crippen molar-refractivity contribution in [2.75, 3.05) is 6.54 Å². The molecule has 0 saturated carbocycles. The Morgan fingerprint density at radius 1 is 1.14 bits per heavy atom. The van der Waals surface area contributed by atoms with Crippen LogP contribution in [0.4, 0.5) is 5.69 Å². The molecule has 2 aromatic carbocycles. The zero-order valence-corrected chi connectivity index (χ0v) is 17.0. The molecule has 0 atom stereocenters. The molecule has 1 amide bonds. The number of carbonyl (C=O) groups excluding carboxylic acids is 1. The summed E-state index contributed by atoms with van der Waals surface area (Å²) in [4.78, 5) is 23.5. The van der Waals surface area contributed by atoms with Crippen molar-refractivity contribution >= 4 is 11.6 Å². The van der Waals surface area contributed by atoms with Gasteiger partial charge in [0.1, 0.15) is 5.69 Å². The molecule has 0 saturated heterocycles. The SMILES string of the molecule is Cc1ccc(-c2cc(C(=O)NCC(C)C)n(-c3cccc([N+](=O)[O-])c3)n2)cc1C. The third-order valence-electron chi connectivity index (χ3n) is 4.70. The molecule has 0 aliphatic heterocycles. The quantitative estimate of drug-likeness (QED) is 0.496. The smallest absolute Gasteiger partial charge is 0.271 e. The highest BCUT2D eigenvalue weighted by Crippen LogP contribution is 2.25. The van der Waals surface area contributed by atoms with Crippen LogP contribution >= 0.6 is 0 Å². The normalized spacial score (nSPS) is 10.9. The lowest BCUT2D eigenvalue weighted by Gasteiger charge is -2.09. The maximum absolute atomic E-state index is 12.8. The van der Waals surface area contributed by atoms with Gasteiger partial charge in [-0.05, 0) is 49.1 Å². The van der Waals surface area contributed by atoms with E-state index in [0.29, 0.717) is 29.5 Å². The Bertz CT molecular complexity index is 1070. The van der Waals surface area contributed by atoms with E-state index >= 15 is 0 Å². The van der Waals surface area contributed by atoms with Gasteiger partial charge in [0.15, 0.2) is 0 Å². The van der Waals surface area contributed by atoms with Gasteiger partial charge in [0, 0.05) is 24.2 Å². The maximum atomic E-state index is 12.8. The van der Waals surface area contributed by atoms with Crippen LogP contribution < -0.4 is 5.32 Å². The number of aromatic nitrogens is 2. The number of rotatable bonds is 6. The second-order valence-electron chi connectivity index (χ2n) is 7.51. The van der Waals surface area contributed by atoms with Crippen LogP contribution in [-0.4, -0.2) is 27.2 Å². The fourth-order valence-corrected chi connectivity index (χ4v) is 2.91. The number of nitro benzene ring substituents is 1. The number of benzene rings is 2. The summed E-state index contributed by atoms with van der Waals surface area (Å²) in [6, 6.07) is 13.8. The van der Waals surface area contributed by atoms with E-state index in [0.717, 1.165) is 11.1 Å². The molecular weight excluding hydrogens is 368 g/mol. The van der Waals surface area contributed by atoms with E-state index in [4.69, 9.17) is 0 Å². The van der Waals surface area contributed by atoms with Gasteiger partial charge in [-0.25, -0.2) is 4.68 Å². The van der Waals surface area contributed by atoms with Crippen molar-refractivity contribution in [1.29, 1.82) is 0 Å². The van der Waals surface area contributed by atoms with Crippen LogP contribution in [0, 0.1) is 29.9 Å². The Balaban J connectivity index is 2.10. The van der Waals surface area contributed by atoms with Gasteiger partial charge in [0.2, 0.25) is 0 Å². The van der Waals surface area contributed by atoms with Crippen LogP contribution in [0.15, 0.2) is 48.5 Å². The third-order valence-corrected chi connectivity index (χ3v) is 4.70. The molecule has 0 unspecified atom stereocenters. The van der Waals surface area contributed by atoms with E-state index in [9.17, 15) is 14.9 Å². The van der Waals surface area contributed by atoms with Gasteiger partial charge in [-0.2, -0.15) is 5.10 Å². The van der Waals surface area contributed by atoms with Crippen LogP contribution in [0.2, 0.25) is 0 Å². The first-order valence-electron chi connectivity index (χ1n) is 9.47. The third kappa shape index (κ3) is 4.51. The molecule has 1 heterocycles. The van der Waals surface area contributed by atoms with Gasteiger partial charge in [-0.15, -0.1) is 0 Å². The molecule has 150 valence electrons. The Kier molecular flexibility index (Phi) is 5.77. The van der Waals surface area contributed by atoms with Gasteiger partial charge < -0.3 is 5.32 Å². The van der Waals surface area contributed by atoms with Crippen molar-refractivity contribution in [1.82, 2.24) is 15.1 Å². The summed E-state index contributed by atoms with van der Waals surface area (Å²) in [5.41, 5.74) is 4.55. The van der Waals surface area contributed by atoms with Crippen molar-refractivity contribution in [3.63, 3.8) is 0 Å². The molecule has 1 aromatic heterocycles. The van der Waals surface area contributed by atoms with E-state index in [-0.39, 0.29) is 11.6 Å². The molecule has 0 fully saturated rings. The number of amides is 1. The van der Waals surface area contributed by atoms with Crippen LogP contribution in [-0.2, 0) is 0 Å². The van der Waals surface area contributed by atoms with Gasteiger partial charge in [-0.3, -0.25) is 14.9 Å². The Hall–Kier alpha value is -3.48. The highest BCUT2D eigenvalue weighted by molar-refractivity contribution is 5.94. The zero-order valence-electron chi connectivity index (χ0n) is 17.0. The number of non-ortho nitro benzene ring substituents is 1. The van der Waals surface area contributed by atoms with Gasteiger partial charge in [0.05, 0.1) is 16.3 Å². The lowest BCUT2D eigenvalue weighted by molar-refractivity contribution is -0.384. The molecule has 0 bridgehead atoms. The first kappa shape index (κ1) is 20.3. The highest BCUT2D eigenvalue weighted by atomic mass is 16.6. The van der Waals surface area contributed by atoms with Crippen LogP contribution in [0.1, 0.15) is 35.5 Å². The second-order valence-corrected chi connectivity index (χ2v) is 7.51. The first-order valence-corrected chi connectivity index (χ1v) is 9.47.